The highest BCUT2D eigenvalue weighted by molar-refractivity contribution is 5.86. The van der Waals surface area contributed by atoms with Crippen molar-refractivity contribution >= 4 is 11.9 Å². The highest BCUT2D eigenvalue weighted by atomic mass is 16.5. The number of rotatable bonds is 8. The van der Waals surface area contributed by atoms with Gasteiger partial charge in [-0.25, -0.2) is 4.79 Å². The van der Waals surface area contributed by atoms with Crippen LogP contribution in [0.1, 0.15) is 19.8 Å². The molecule has 0 aliphatic carbocycles. The van der Waals surface area contributed by atoms with Crippen LogP contribution < -0.4 is 5.32 Å². The van der Waals surface area contributed by atoms with E-state index in [0.29, 0.717) is 0 Å². The molecule has 0 aromatic carbocycles. The summed E-state index contributed by atoms with van der Waals surface area (Å²) in [6.07, 6.45) is -6.25. The SMILES string of the molecule is CC(=O)N[C@@H]1[C@@H](O)C(CCCO)=C(C(=O)O)O[C@H]1C(O)C(O)CO. The van der Waals surface area contributed by atoms with Crippen LogP contribution in [0.5, 0.6) is 0 Å². The van der Waals surface area contributed by atoms with E-state index in [1.54, 1.807) is 0 Å². The maximum Gasteiger partial charge on any atom is 0.371 e. The molecule has 0 aromatic heterocycles. The zero-order chi connectivity index (χ0) is 18.4. The van der Waals surface area contributed by atoms with Crippen molar-refractivity contribution in [3.8, 4) is 0 Å². The number of carboxylic acids is 1. The number of aliphatic carboxylic acids is 1. The number of ether oxygens (including phenoxy) is 1. The average Bonchev–Trinajstić information content (AvgIpc) is 2.53. The monoisotopic (exact) mass is 349 g/mol. The van der Waals surface area contributed by atoms with Gasteiger partial charge >= 0.3 is 5.97 Å². The Morgan fingerprint density at radius 3 is 2.38 bits per heavy atom. The van der Waals surface area contributed by atoms with E-state index in [2.05, 4.69) is 5.32 Å². The minimum atomic E-state index is -1.75. The van der Waals surface area contributed by atoms with Crippen LogP contribution in [0.2, 0.25) is 0 Å². The van der Waals surface area contributed by atoms with Crippen LogP contribution in [0.4, 0.5) is 0 Å². The van der Waals surface area contributed by atoms with Crippen LogP contribution in [0, 0.1) is 0 Å². The zero-order valence-corrected chi connectivity index (χ0v) is 13.1. The van der Waals surface area contributed by atoms with Gasteiger partial charge in [-0.1, -0.05) is 0 Å². The van der Waals surface area contributed by atoms with Crippen molar-refractivity contribution in [1.29, 1.82) is 0 Å². The third-order valence-electron chi connectivity index (χ3n) is 3.68. The summed E-state index contributed by atoms with van der Waals surface area (Å²) in [5.41, 5.74) is -0.0442. The molecule has 138 valence electrons. The highest BCUT2D eigenvalue weighted by Crippen LogP contribution is 2.30. The maximum absolute atomic E-state index is 11.4. The molecule has 1 aliphatic rings. The lowest BCUT2D eigenvalue weighted by molar-refractivity contribution is -0.151. The first-order valence-corrected chi connectivity index (χ1v) is 7.40. The van der Waals surface area contributed by atoms with E-state index in [0.717, 1.165) is 6.92 Å². The quantitative estimate of drug-likeness (QED) is 0.242. The van der Waals surface area contributed by atoms with Crippen LogP contribution in [-0.2, 0) is 14.3 Å². The standard InChI is InChI=1S/C14H23NO9/c1-6(18)15-9-10(20)7(3-2-4-16)12(14(22)23)24-13(9)11(21)8(19)5-17/h8-11,13,16-17,19-21H,2-5H2,1H3,(H,15,18)(H,22,23)/t8?,9-,10+,11?,13-/m1/s1. The van der Waals surface area contributed by atoms with Gasteiger partial charge in [-0.15, -0.1) is 0 Å². The van der Waals surface area contributed by atoms with Crippen LogP contribution in [-0.4, -0.2) is 86.2 Å². The Bertz CT molecular complexity index is 493. The van der Waals surface area contributed by atoms with Gasteiger partial charge in [0, 0.05) is 19.1 Å². The normalized spacial score (nSPS) is 26.5. The molecule has 1 aliphatic heterocycles. The van der Waals surface area contributed by atoms with E-state index in [1.807, 2.05) is 0 Å². The predicted octanol–water partition coefficient (Wildman–Crippen LogP) is -2.92. The maximum atomic E-state index is 11.4. The van der Waals surface area contributed by atoms with E-state index >= 15 is 0 Å². The Labute approximate surface area is 138 Å². The third-order valence-corrected chi connectivity index (χ3v) is 3.68. The Balaban J connectivity index is 3.26. The second kappa shape index (κ2) is 8.94. The second-order valence-electron chi connectivity index (χ2n) is 5.48. The molecular weight excluding hydrogens is 326 g/mol. The molecule has 10 nitrogen and oxygen atoms in total. The molecule has 0 spiro atoms. The number of nitrogens with one attached hydrogen (secondary N) is 1. The molecule has 1 amide bonds. The van der Waals surface area contributed by atoms with Gasteiger partial charge in [-0.3, -0.25) is 4.79 Å². The molecule has 1 heterocycles. The van der Waals surface area contributed by atoms with E-state index in [4.69, 9.17) is 14.9 Å². The summed E-state index contributed by atoms with van der Waals surface area (Å²) in [6.45, 7) is 0.0824. The van der Waals surface area contributed by atoms with Crippen molar-refractivity contribution in [2.45, 2.75) is 50.2 Å². The van der Waals surface area contributed by atoms with Crippen molar-refractivity contribution in [2.75, 3.05) is 13.2 Å². The predicted molar refractivity (Wildman–Crippen MR) is 78.6 cm³/mol. The summed E-state index contributed by atoms with van der Waals surface area (Å²) in [7, 11) is 0. The van der Waals surface area contributed by atoms with Gasteiger partial charge in [-0.2, -0.15) is 0 Å². The lowest BCUT2D eigenvalue weighted by atomic mass is 9.87. The van der Waals surface area contributed by atoms with Crippen LogP contribution in [0.15, 0.2) is 11.3 Å². The van der Waals surface area contributed by atoms with Crippen molar-refractivity contribution in [3.63, 3.8) is 0 Å². The molecule has 1 rings (SSSR count). The third kappa shape index (κ3) is 4.65. The molecule has 0 saturated carbocycles. The molecule has 10 heteroatoms. The van der Waals surface area contributed by atoms with E-state index < -0.39 is 54.7 Å². The van der Waals surface area contributed by atoms with Gasteiger partial charge < -0.3 is 40.7 Å². The van der Waals surface area contributed by atoms with Gasteiger partial charge in [0.1, 0.15) is 18.3 Å². The summed E-state index contributed by atoms with van der Waals surface area (Å²) in [5, 5.41) is 59.5. The van der Waals surface area contributed by atoms with Crippen LogP contribution in [0.25, 0.3) is 0 Å². The molecule has 7 N–H and O–H groups in total. The first-order chi connectivity index (χ1) is 11.2. The fourth-order valence-electron chi connectivity index (χ4n) is 2.54. The number of carbonyl (C=O) groups excluding carboxylic acids is 1. The lowest BCUT2D eigenvalue weighted by Gasteiger charge is -2.40. The average molecular weight is 349 g/mol. The molecule has 24 heavy (non-hydrogen) atoms. The molecule has 2 unspecified atom stereocenters. The summed E-state index contributed by atoms with van der Waals surface area (Å²) in [6, 6.07) is -1.24. The van der Waals surface area contributed by atoms with Crippen LogP contribution in [0.3, 0.4) is 0 Å². The highest BCUT2D eigenvalue weighted by Gasteiger charge is 2.46. The lowest BCUT2D eigenvalue weighted by Crippen LogP contribution is -2.61. The van der Waals surface area contributed by atoms with E-state index in [-0.39, 0.29) is 25.0 Å². The number of carboxylic acid groups (broad SMARTS) is 1. The molecule has 0 fully saturated rings. The smallest absolute Gasteiger partial charge is 0.371 e. The number of amides is 1. The van der Waals surface area contributed by atoms with Gasteiger partial charge in [0.05, 0.1) is 12.6 Å². The number of hydrogen-bond donors (Lipinski definition) is 7. The number of hydrogen-bond acceptors (Lipinski definition) is 8. The molecular formula is C14H23NO9. The van der Waals surface area contributed by atoms with Gasteiger partial charge in [0.25, 0.3) is 0 Å². The minimum absolute atomic E-state index is 0.000748. The Hall–Kier alpha value is -1.72. The van der Waals surface area contributed by atoms with Gasteiger partial charge in [0.15, 0.2) is 6.10 Å². The fourth-order valence-corrected chi connectivity index (χ4v) is 2.54. The summed E-state index contributed by atoms with van der Waals surface area (Å²) >= 11 is 0. The summed E-state index contributed by atoms with van der Waals surface area (Å²) < 4.78 is 5.23. The Kier molecular flexibility index (Phi) is 7.58. The van der Waals surface area contributed by atoms with E-state index in [1.165, 1.54) is 0 Å². The Morgan fingerprint density at radius 2 is 1.92 bits per heavy atom. The van der Waals surface area contributed by atoms with Crippen molar-refractivity contribution in [1.82, 2.24) is 5.32 Å². The van der Waals surface area contributed by atoms with Crippen LogP contribution >= 0.6 is 0 Å². The molecule has 0 aromatic rings. The van der Waals surface area contributed by atoms with Crippen molar-refractivity contribution in [3.05, 3.63) is 11.3 Å². The van der Waals surface area contributed by atoms with Gasteiger partial charge in [-0.05, 0) is 12.8 Å². The zero-order valence-electron chi connectivity index (χ0n) is 13.1. The number of aliphatic hydroxyl groups is 5. The number of aliphatic hydroxyl groups excluding tert-OH is 5. The first kappa shape index (κ1) is 20.3. The second-order valence-corrected chi connectivity index (χ2v) is 5.48. The first-order valence-electron chi connectivity index (χ1n) is 7.40. The van der Waals surface area contributed by atoms with Crippen molar-refractivity contribution in [2.24, 2.45) is 0 Å². The topological polar surface area (TPSA) is 177 Å². The minimum Gasteiger partial charge on any atom is -0.478 e. The fraction of sp³-hybridized carbons (Fsp3) is 0.714. The molecule has 0 bridgehead atoms. The van der Waals surface area contributed by atoms with Crippen molar-refractivity contribution < 1.29 is 45.0 Å². The Morgan fingerprint density at radius 1 is 1.29 bits per heavy atom. The largest absolute Gasteiger partial charge is 0.478 e. The summed E-state index contributed by atoms with van der Waals surface area (Å²) in [5.74, 6) is -2.69. The van der Waals surface area contributed by atoms with Gasteiger partial charge in [0.2, 0.25) is 11.7 Å². The molecule has 0 saturated heterocycles. The summed E-state index contributed by atoms with van der Waals surface area (Å²) in [4.78, 5) is 22.7. The van der Waals surface area contributed by atoms with E-state index in [9.17, 15) is 30.0 Å². The number of carbonyl (C=O) groups is 2. The molecule has 5 atom stereocenters. The molecule has 0 radical (unpaired) electrons.